The number of nitrogens with zero attached hydrogens (tertiary/aromatic N) is 2. The van der Waals surface area contributed by atoms with Crippen LogP contribution in [0, 0.1) is 17.2 Å². The maximum atomic E-state index is 8.84. The van der Waals surface area contributed by atoms with Crippen molar-refractivity contribution >= 4 is 11.4 Å². The lowest BCUT2D eigenvalue weighted by atomic mass is 10.1. The maximum absolute atomic E-state index is 8.84. The van der Waals surface area contributed by atoms with E-state index in [0.29, 0.717) is 23.8 Å². The summed E-state index contributed by atoms with van der Waals surface area (Å²) in [4.78, 5) is 2.20. The maximum Gasteiger partial charge on any atom is 0.0992 e. The van der Waals surface area contributed by atoms with Gasteiger partial charge in [0.1, 0.15) is 0 Å². The first-order valence-electron chi connectivity index (χ1n) is 6.12. The van der Waals surface area contributed by atoms with Gasteiger partial charge in [-0.15, -0.1) is 0 Å². The lowest BCUT2D eigenvalue weighted by Crippen LogP contribution is -2.31. The summed E-state index contributed by atoms with van der Waals surface area (Å²) in [5.74, 6) is 0.539. The molecule has 0 aliphatic heterocycles. The molecule has 0 aromatic heterocycles. The molecule has 4 heteroatoms. The molecular formula is C14H21N3O. The molecule has 0 saturated heterocycles. The first-order valence-corrected chi connectivity index (χ1v) is 6.12. The molecule has 0 radical (unpaired) electrons. The van der Waals surface area contributed by atoms with E-state index in [1.54, 1.807) is 19.2 Å². The second-order valence-corrected chi connectivity index (χ2v) is 4.72. The first-order chi connectivity index (χ1) is 8.58. The van der Waals surface area contributed by atoms with E-state index in [2.05, 4.69) is 24.8 Å². The molecule has 0 unspecified atom stereocenters. The smallest absolute Gasteiger partial charge is 0.0992 e. The van der Waals surface area contributed by atoms with E-state index in [9.17, 15) is 0 Å². The Morgan fingerprint density at radius 1 is 1.44 bits per heavy atom. The molecule has 0 amide bonds. The molecule has 0 saturated carbocycles. The van der Waals surface area contributed by atoms with Crippen LogP contribution in [-0.2, 0) is 4.74 Å². The second-order valence-electron chi connectivity index (χ2n) is 4.72. The van der Waals surface area contributed by atoms with Gasteiger partial charge < -0.3 is 15.4 Å². The van der Waals surface area contributed by atoms with E-state index in [-0.39, 0.29) is 0 Å². The minimum Gasteiger partial charge on any atom is -0.397 e. The van der Waals surface area contributed by atoms with E-state index in [0.717, 1.165) is 18.8 Å². The lowest BCUT2D eigenvalue weighted by molar-refractivity contribution is 0.204. The number of nitrogens with two attached hydrogens (primary N) is 1. The summed E-state index contributed by atoms with van der Waals surface area (Å²) < 4.78 is 5.13. The third-order valence-corrected chi connectivity index (χ3v) is 2.65. The molecule has 1 rings (SSSR count). The van der Waals surface area contributed by atoms with Gasteiger partial charge in [0, 0.05) is 20.2 Å². The largest absolute Gasteiger partial charge is 0.397 e. The van der Waals surface area contributed by atoms with Crippen molar-refractivity contribution in [3.63, 3.8) is 0 Å². The van der Waals surface area contributed by atoms with Crippen LogP contribution in [-0.4, -0.2) is 26.8 Å². The molecule has 18 heavy (non-hydrogen) atoms. The summed E-state index contributed by atoms with van der Waals surface area (Å²) in [7, 11) is 1.69. The van der Waals surface area contributed by atoms with Crippen LogP contribution in [0.3, 0.4) is 0 Å². The van der Waals surface area contributed by atoms with Crippen molar-refractivity contribution in [3.8, 4) is 6.07 Å². The number of ether oxygens (including phenoxy) is 1. The van der Waals surface area contributed by atoms with Gasteiger partial charge in [0.2, 0.25) is 0 Å². The summed E-state index contributed by atoms with van der Waals surface area (Å²) >= 11 is 0. The Bertz CT molecular complexity index is 424. The van der Waals surface area contributed by atoms with Gasteiger partial charge in [-0.05, 0) is 24.1 Å². The van der Waals surface area contributed by atoms with E-state index >= 15 is 0 Å². The molecule has 0 spiro atoms. The van der Waals surface area contributed by atoms with Crippen molar-refractivity contribution < 1.29 is 4.74 Å². The second kappa shape index (κ2) is 6.87. The van der Waals surface area contributed by atoms with E-state index < -0.39 is 0 Å². The van der Waals surface area contributed by atoms with Gasteiger partial charge in [-0.1, -0.05) is 13.8 Å². The highest BCUT2D eigenvalue weighted by Gasteiger charge is 2.11. The quantitative estimate of drug-likeness (QED) is 0.783. The summed E-state index contributed by atoms with van der Waals surface area (Å²) in [6.07, 6.45) is 0. The lowest BCUT2D eigenvalue weighted by Gasteiger charge is -2.27. The van der Waals surface area contributed by atoms with Crippen LogP contribution >= 0.6 is 0 Å². The van der Waals surface area contributed by atoms with Gasteiger partial charge >= 0.3 is 0 Å². The molecule has 0 bridgehead atoms. The minimum absolute atomic E-state index is 0.539. The van der Waals surface area contributed by atoms with Crippen molar-refractivity contribution in [3.05, 3.63) is 23.8 Å². The van der Waals surface area contributed by atoms with Gasteiger partial charge in [-0.3, -0.25) is 0 Å². The van der Waals surface area contributed by atoms with Crippen molar-refractivity contribution in [2.75, 3.05) is 37.4 Å². The predicted molar refractivity (Wildman–Crippen MR) is 74.5 cm³/mol. The molecule has 0 heterocycles. The van der Waals surface area contributed by atoms with Gasteiger partial charge in [-0.2, -0.15) is 5.26 Å². The Morgan fingerprint density at radius 2 is 2.17 bits per heavy atom. The molecule has 0 aliphatic rings. The number of nitriles is 1. The fourth-order valence-corrected chi connectivity index (χ4v) is 1.86. The van der Waals surface area contributed by atoms with Gasteiger partial charge in [-0.25, -0.2) is 0 Å². The highest BCUT2D eigenvalue weighted by molar-refractivity contribution is 5.69. The standard InChI is InChI=1S/C14H21N3O/c1-11(2)10-17(6-7-18-3)14-5-4-12(9-15)8-13(14)16/h4-5,8,11H,6-7,10,16H2,1-3H3. The molecular weight excluding hydrogens is 226 g/mol. The predicted octanol–water partition coefficient (Wildman–Crippen LogP) is 2.25. The number of anilines is 2. The zero-order valence-corrected chi connectivity index (χ0v) is 11.3. The molecule has 0 aliphatic carbocycles. The van der Waals surface area contributed by atoms with Crippen molar-refractivity contribution in [1.82, 2.24) is 0 Å². The summed E-state index contributed by atoms with van der Waals surface area (Å²) in [5.41, 5.74) is 8.22. The molecule has 1 aromatic carbocycles. The van der Waals surface area contributed by atoms with Crippen LogP contribution in [0.25, 0.3) is 0 Å². The zero-order valence-electron chi connectivity index (χ0n) is 11.3. The van der Waals surface area contributed by atoms with Crippen LogP contribution < -0.4 is 10.6 Å². The Hall–Kier alpha value is -1.73. The highest BCUT2D eigenvalue weighted by atomic mass is 16.5. The summed E-state index contributed by atoms with van der Waals surface area (Å²) in [6.45, 7) is 6.70. The summed E-state index contributed by atoms with van der Waals surface area (Å²) in [6, 6.07) is 7.52. The number of hydrogen-bond donors (Lipinski definition) is 1. The van der Waals surface area contributed by atoms with Crippen LogP contribution in [0.2, 0.25) is 0 Å². The third-order valence-electron chi connectivity index (χ3n) is 2.65. The number of hydrogen-bond acceptors (Lipinski definition) is 4. The normalized spacial score (nSPS) is 10.4. The van der Waals surface area contributed by atoms with Crippen LogP contribution in [0.5, 0.6) is 0 Å². The number of rotatable bonds is 6. The van der Waals surface area contributed by atoms with E-state index in [4.69, 9.17) is 15.7 Å². The highest BCUT2D eigenvalue weighted by Crippen LogP contribution is 2.24. The molecule has 1 aromatic rings. The molecule has 0 fully saturated rings. The molecule has 0 atom stereocenters. The average Bonchev–Trinajstić information content (AvgIpc) is 2.34. The summed E-state index contributed by atoms with van der Waals surface area (Å²) in [5, 5.41) is 8.84. The molecule has 98 valence electrons. The first kappa shape index (κ1) is 14.3. The number of methoxy groups -OCH3 is 1. The zero-order chi connectivity index (χ0) is 13.5. The number of nitrogen functional groups attached to an aromatic ring is 1. The Balaban J connectivity index is 2.93. The van der Waals surface area contributed by atoms with Crippen molar-refractivity contribution in [2.45, 2.75) is 13.8 Å². The SMILES string of the molecule is COCCN(CC(C)C)c1ccc(C#N)cc1N. The topological polar surface area (TPSA) is 62.3 Å². The Morgan fingerprint density at radius 3 is 2.67 bits per heavy atom. The van der Waals surface area contributed by atoms with Crippen LogP contribution in [0.4, 0.5) is 11.4 Å². The van der Waals surface area contributed by atoms with Gasteiger partial charge in [0.25, 0.3) is 0 Å². The molecule has 2 N–H and O–H groups in total. The van der Waals surface area contributed by atoms with E-state index in [1.165, 1.54) is 0 Å². The fourth-order valence-electron chi connectivity index (χ4n) is 1.86. The van der Waals surface area contributed by atoms with Crippen molar-refractivity contribution in [2.24, 2.45) is 5.92 Å². The van der Waals surface area contributed by atoms with Gasteiger partial charge in [0.05, 0.1) is 29.6 Å². The van der Waals surface area contributed by atoms with Crippen LogP contribution in [0.1, 0.15) is 19.4 Å². The fraction of sp³-hybridized carbons (Fsp3) is 0.500. The monoisotopic (exact) mass is 247 g/mol. The Kier molecular flexibility index (Phi) is 5.47. The molecule has 4 nitrogen and oxygen atoms in total. The van der Waals surface area contributed by atoms with Gasteiger partial charge in [0.15, 0.2) is 0 Å². The average molecular weight is 247 g/mol. The Labute approximate surface area is 109 Å². The van der Waals surface area contributed by atoms with E-state index in [1.807, 2.05) is 6.07 Å². The number of benzene rings is 1. The minimum atomic E-state index is 0.539. The third kappa shape index (κ3) is 3.94. The van der Waals surface area contributed by atoms with Crippen LogP contribution in [0.15, 0.2) is 18.2 Å². The van der Waals surface area contributed by atoms with Crippen molar-refractivity contribution in [1.29, 1.82) is 5.26 Å².